The van der Waals surface area contributed by atoms with Crippen LogP contribution in [0.5, 0.6) is 0 Å². The number of aliphatic hydroxyl groups is 1. The molecule has 0 aliphatic heterocycles. The van der Waals surface area contributed by atoms with Gasteiger partial charge in [-0.05, 0) is 43.7 Å². The molecule has 0 unspecified atom stereocenters. The van der Waals surface area contributed by atoms with E-state index in [1.165, 1.54) is 6.07 Å². The second-order valence-electron chi connectivity index (χ2n) is 5.01. The lowest BCUT2D eigenvalue weighted by molar-refractivity contribution is 0.221. The Kier molecular flexibility index (Phi) is 7.28. The monoisotopic (exact) mass is 277 g/mol. The highest BCUT2D eigenvalue weighted by atomic mass is 19.1. The van der Waals surface area contributed by atoms with Crippen molar-refractivity contribution in [2.24, 2.45) is 0 Å². The molecule has 1 aromatic carbocycles. The Morgan fingerprint density at radius 1 is 1.25 bits per heavy atom. The van der Waals surface area contributed by atoms with Gasteiger partial charge in [-0.15, -0.1) is 0 Å². The smallest absolute Gasteiger partial charge is 0.124 e. The lowest BCUT2D eigenvalue weighted by Gasteiger charge is -2.26. The molecule has 0 saturated carbocycles. The van der Waals surface area contributed by atoms with E-state index in [0.717, 1.165) is 24.9 Å². The Morgan fingerprint density at radius 2 is 1.95 bits per heavy atom. The first-order valence-corrected chi connectivity index (χ1v) is 7.20. The summed E-state index contributed by atoms with van der Waals surface area (Å²) in [6.45, 7) is 5.09. The van der Waals surface area contributed by atoms with Gasteiger partial charge in [0.15, 0.2) is 0 Å². The van der Waals surface area contributed by atoms with Crippen molar-refractivity contribution in [2.45, 2.75) is 45.7 Å². The van der Waals surface area contributed by atoms with Crippen LogP contribution >= 0.6 is 0 Å². The zero-order valence-electron chi connectivity index (χ0n) is 12.6. The molecule has 0 atom stereocenters. The van der Waals surface area contributed by atoms with Gasteiger partial charge in [-0.25, -0.2) is 4.39 Å². The molecule has 1 N–H and O–H groups in total. The molecule has 0 aromatic heterocycles. The van der Waals surface area contributed by atoms with Crippen LogP contribution in [-0.2, 0) is 6.54 Å². The fraction of sp³-hybridized carbons (Fsp3) is 0.529. The predicted octanol–water partition coefficient (Wildman–Crippen LogP) is 3.18. The molecular weight excluding hydrogens is 253 g/mol. The van der Waals surface area contributed by atoms with Crippen LogP contribution < -0.4 is 0 Å². The molecule has 0 bridgehead atoms. The third-order valence-electron chi connectivity index (χ3n) is 3.42. The van der Waals surface area contributed by atoms with Crippen molar-refractivity contribution >= 4 is 0 Å². The van der Waals surface area contributed by atoms with Crippen molar-refractivity contribution in [3.8, 4) is 11.8 Å². The van der Waals surface area contributed by atoms with Crippen LogP contribution in [0.25, 0.3) is 0 Å². The van der Waals surface area contributed by atoms with Crippen molar-refractivity contribution in [1.82, 2.24) is 4.90 Å². The van der Waals surface area contributed by atoms with E-state index in [0.29, 0.717) is 18.0 Å². The molecule has 1 rings (SSSR count). The van der Waals surface area contributed by atoms with E-state index in [1.54, 1.807) is 6.07 Å². The third-order valence-corrected chi connectivity index (χ3v) is 3.42. The molecule has 0 aliphatic carbocycles. The van der Waals surface area contributed by atoms with Crippen molar-refractivity contribution < 1.29 is 9.50 Å². The van der Waals surface area contributed by atoms with Crippen LogP contribution in [0.4, 0.5) is 4.39 Å². The number of nitrogens with zero attached hydrogens (tertiary/aromatic N) is 1. The first-order chi connectivity index (χ1) is 9.60. The highest BCUT2D eigenvalue weighted by molar-refractivity contribution is 5.37. The van der Waals surface area contributed by atoms with Gasteiger partial charge in [0.2, 0.25) is 0 Å². The zero-order valence-corrected chi connectivity index (χ0v) is 12.6. The van der Waals surface area contributed by atoms with Crippen LogP contribution in [0, 0.1) is 17.7 Å². The summed E-state index contributed by atoms with van der Waals surface area (Å²) in [5.74, 6) is 5.46. The van der Waals surface area contributed by atoms with Gasteiger partial charge in [-0.2, -0.15) is 0 Å². The molecule has 0 fully saturated rings. The van der Waals surface area contributed by atoms with Crippen molar-refractivity contribution in [2.75, 3.05) is 13.7 Å². The maximum absolute atomic E-state index is 13.6. The molecule has 0 radical (unpaired) electrons. The van der Waals surface area contributed by atoms with E-state index in [4.69, 9.17) is 5.11 Å². The minimum absolute atomic E-state index is 0.0343. The summed E-state index contributed by atoms with van der Waals surface area (Å²) in [6.07, 6.45) is 2.59. The van der Waals surface area contributed by atoms with E-state index < -0.39 is 0 Å². The van der Waals surface area contributed by atoms with E-state index in [-0.39, 0.29) is 12.4 Å². The molecule has 0 heterocycles. The molecule has 3 heteroatoms. The second kappa shape index (κ2) is 8.73. The average Bonchev–Trinajstić information content (AvgIpc) is 2.39. The summed E-state index contributed by atoms with van der Waals surface area (Å²) >= 11 is 0. The van der Waals surface area contributed by atoms with E-state index >= 15 is 0 Å². The number of benzene rings is 1. The number of hydrogen-bond acceptors (Lipinski definition) is 2. The number of hydrogen-bond donors (Lipinski definition) is 1. The maximum Gasteiger partial charge on any atom is 0.124 e. The first kappa shape index (κ1) is 16.7. The van der Waals surface area contributed by atoms with Gasteiger partial charge < -0.3 is 5.11 Å². The van der Waals surface area contributed by atoms with Gasteiger partial charge >= 0.3 is 0 Å². The van der Waals surface area contributed by atoms with Crippen molar-refractivity contribution in [1.29, 1.82) is 0 Å². The van der Waals surface area contributed by atoms with Crippen LogP contribution in [-0.4, -0.2) is 29.7 Å². The highest BCUT2D eigenvalue weighted by Crippen LogP contribution is 2.14. The van der Waals surface area contributed by atoms with E-state index in [1.807, 2.05) is 6.07 Å². The molecule has 2 nitrogen and oxygen atoms in total. The first-order valence-electron chi connectivity index (χ1n) is 7.20. The molecule has 1 aromatic rings. The summed E-state index contributed by atoms with van der Waals surface area (Å²) in [7, 11) is 2.07. The third kappa shape index (κ3) is 5.32. The lowest BCUT2D eigenvalue weighted by Crippen LogP contribution is -2.30. The van der Waals surface area contributed by atoms with Crippen molar-refractivity contribution in [3.63, 3.8) is 0 Å². The Morgan fingerprint density at radius 3 is 2.55 bits per heavy atom. The molecule has 110 valence electrons. The Labute approximate surface area is 121 Å². The highest BCUT2D eigenvalue weighted by Gasteiger charge is 2.11. The summed E-state index contributed by atoms with van der Waals surface area (Å²) in [4.78, 5) is 2.25. The SMILES string of the molecule is CCC(CC)N(C)Cc1cc(F)cc(C#CCCO)c1. The second-order valence-corrected chi connectivity index (χ2v) is 5.01. The predicted molar refractivity (Wildman–Crippen MR) is 80.8 cm³/mol. The van der Waals surface area contributed by atoms with Gasteiger partial charge in [0, 0.05) is 24.6 Å². The lowest BCUT2D eigenvalue weighted by atomic mass is 10.1. The topological polar surface area (TPSA) is 23.5 Å². The summed E-state index contributed by atoms with van der Waals surface area (Å²) in [5, 5.41) is 8.70. The van der Waals surface area contributed by atoms with Gasteiger partial charge in [0.25, 0.3) is 0 Å². The van der Waals surface area contributed by atoms with Gasteiger partial charge in [-0.1, -0.05) is 25.7 Å². The Hall–Kier alpha value is -1.37. The van der Waals surface area contributed by atoms with Gasteiger partial charge in [0.05, 0.1) is 6.61 Å². The van der Waals surface area contributed by atoms with E-state index in [9.17, 15) is 4.39 Å². The van der Waals surface area contributed by atoms with Gasteiger partial charge in [-0.3, -0.25) is 4.90 Å². The molecule has 0 saturated heterocycles. The maximum atomic E-state index is 13.6. The molecule has 0 spiro atoms. The van der Waals surface area contributed by atoms with Crippen molar-refractivity contribution in [3.05, 3.63) is 35.1 Å². The van der Waals surface area contributed by atoms with Crippen LogP contribution in [0.15, 0.2) is 18.2 Å². The van der Waals surface area contributed by atoms with Crippen LogP contribution in [0.1, 0.15) is 44.2 Å². The standard InChI is InChI=1S/C17H24FNO/c1-4-17(5-2)19(3)13-15-10-14(8-6-7-9-20)11-16(18)12-15/h10-12,17,20H,4-5,7,9,13H2,1-3H3. The Bertz CT molecular complexity index is 472. The molecular formula is C17H24FNO. The summed E-state index contributed by atoms with van der Waals surface area (Å²) in [6, 6.07) is 5.44. The fourth-order valence-electron chi connectivity index (χ4n) is 2.36. The average molecular weight is 277 g/mol. The number of aliphatic hydroxyl groups excluding tert-OH is 1. The summed E-state index contributed by atoms with van der Waals surface area (Å²) in [5.41, 5.74) is 1.61. The Balaban J connectivity index is 2.83. The fourth-order valence-corrected chi connectivity index (χ4v) is 2.36. The van der Waals surface area contributed by atoms with Crippen LogP contribution in [0.3, 0.4) is 0 Å². The van der Waals surface area contributed by atoms with E-state index in [2.05, 4.69) is 37.6 Å². The van der Waals surface area contributed by atoms with Crippen LogP contribution in [0.2, 0.25) is 0 Å². The quantitative estimate of drug-likeness (QED) is 0.807. The van der Waals surface area contributed by atoms with Gasteiger partial charge in [0.1, 0.15) is 5.82 Å². The summed E-state index contributed by atoms with van der Waals surface area (Å²) < 4.78 is 13.6. The molecule has 20 heavy (non-hydrogen) atoms. The number of rotatable bonds is 6. The zero-order chi connectivity index (χ0) is 15.0. The minimum Gasteiger partial charge on any atom is -0.395 e. The molecule has 0 amide bonds. The molecule has 0 aliphatic rings. The minimum atomic E-state index is -0.256. The number of halogens is 1. The normalized spacial score (nSPS) is 10.8. The largest absolute Gasteiger partial charge is 0.395 e.